The Balaban J connectivity index is 2.00. The number of carboxylic acids is 1. The van der Waals surface area contributed by atoms with E-state index in [0.29, 0.717) is 6.07 Å². The first-order valence-electron chi connectivity index (χ1n) is 9.85. The van der Waals surface area contributed by atoms with Crippen LogP contribution in [0.1, 0.15) is 11.1 Å². The van der Waals surface area contributed by atoms with Crippen LogP contribution in [-0.4, -0.2) is 37.5 Å². The summed E-state index contributed by atoms with van der Waals surface area (Å²) in [7, 11) is -3.24. The van der Waals surface area contributed by atoms with Crippen molar-refractivity contribution in [1.29, 1.82) is 0 Å². The minimum atomic E-state index is -4.64. The van der Waals surface area contributed by atoms with Gasteiger partial charge in [0, 0.05) is 25.2 Å². The lowest BCUT2D eigenvalue weighted by molar-refractivity contribution is -0.139. The molecule has 3 aromatic rings. The Hall–Kier alpha value is -3.51. The van der Waals surface area contributed by atoms with Crippen molar-refractivity contribution in [1.82, 2.24) is 4.31 Å². The van der Waals surface area contributed by atoms with E-state index in [1.165, 1.54) is 30.3 Å². The zero-order chi connectivity index (χ0) is 26.0. The lowest BCUT2D eigenvalue weighted by Crippen LogP contribution is -2.27. The molecule has 0 amide bonds. The number of ether oxygens (including phenoxy) is 1. The van der Waals surface area contributed by atoms with Gasteiger partial charge < -0.3 is 9.84 Å². The van der Waals surface area contributed by atoms with Crippen LogP contribution in [0, 0.1) is 11.6 Å². The third-order valence-corrected chi connectivity index (χ3v) is 6.72. The number of hydrogen-bond acceptors (Lipinski definition) is 4. The number of benzene rings is 3. The SMILES string of the molecule is CN(Cc1ccc(OCC(=O)O)c(-c2cccc(C(F)(F)F)c2)c1)S(=O)(=O)c1ccc(F)cc1F. The first kappa shape index (κ1) is 26.1. The maximum Gasteiger partial charge on any atom is 0.416 e. The average molecular weight is 515 g/mol. The Labute approximate surface area is 197 Å². The number of aliphatic carboxylic acids is 1. The van der Waals surface area contributed by atoms with E-state index >= 15 is 0 Å². The van der Waals surface area contributed by atoms with Gasteiger partial charge in [-0.2, -0.15) is 17.5 Å². The fourth-order valence-electron chi connectivity index (χ4n) is 3.22. The van der Waals surface area contributed by atoms with Crippen LogP contribution in [0.25, 0.3) is 11.1 Å². The zero-order valence-electron chi connectivity index (χ0n) is 18.0. The Morgan fingerprint density at radius 3 is 2.37 bits per heavy atom. The quantitative estimate of drug-likeness (QED) is 0.430. The summed E-state index contributed by atoms with van der Waals surface area (Å²) in [5.41, 5.74) is -0.518. The molecular weight excluding hydrogens is 497 g/mol. The highest BCUT2D eigenvalue weighted by Gasteiger charge is 2.31. The summed E-state index contributed by atoms with van der Waals surface area (Å²) < 4.78 is 98.4. The molecule has 0 aromatic heterocycles. The van der Waals surface area contributed by atoms with Crippen LogP contribution in [0.5, 0.6) is 5.75 Å². The second kappa shape index (κ2) is 10.0. The average Bonchev–Trinajstić information content (AvgIpc) is 2.77. The van der Waals surface area contributed by atoms with Crippen molar-refractivity contribution in [3.05, 3.63) is 83.4 Å². The number of sulfonamides is 1. The van der Waals surface area contributed by atoms with Crippen molar-refractivity contribution in [3.8, 4) is 16.9 Å². The molecule has 0 atom stereocenters. The van der Waals surface area contributed by atoms with Gasteiger partial charge in [0.05, 0.1) is 5.56 Å². The Morgan fingerprint density at radius 2 is 1.74 bits per heavy atom. The predicted octanol–water partition coefficient (Wildman–Crippen LogP) is 4.93. The summed E-state index contributed by atoms with van der Waals surface area (Å²) in [6, 6.07) is 10.3. The normalized spacial score (nSPS) is 12.1. The number of carboxylic acid groups (broad SMARTS) is 1. The molecule has 0 saturated carbocycles. The molecule has 35 heavy (non-hydrogen) atoms. The van der Waals surface area contributed by atoms with Gasteiger partial charge in [0.25, 0.3) is 0 Å². The Kier molecular flexibility index (Phi) is 7.46. The fraction of sp³-hybridized carbons (Fsp3) is 0.174. The van der Waals surface area contributed by atoms with E-state index in [2.05, 4.69) is 0 Å². The van der Waals surface area contributed by atoms with Crippen LogP contribution >= 0.6 is 0 Å². The van der Waals surface area contributed by atoms with Crippen LogP contribution in [-0.2, 0) is 27.5 Å². The number of hydrogen-bond donors (Lipinski definition) is 1. The predicted molar refractivity (Wildman–Crippen MR) is 115 cm³/mol. The third-order valence-electron chi connectivity index (χ3n) is 4.88. The first-order valence-corrected chi connectivity index (χ1v) is 11.3. The van der Waals surface area contributed by atoms with Crippen LogP contribution in [0.4, 0.5) is 22.0 Å². The van der Waals surface area contributed by atoms with Crippen molar-refractivity contribution in [2.45, 2.75) is 17.6 Å². The van der Waals surface area contributed by atoms with Gasteiger partial charge in [0.2, 0.25) is 10.0 Å². The van der Waals surface area contributed by atoms with Gasteiger partial charge in [-0.15, -0.1) is 0 Å². The summed E-state index contributed by atoms with van der Waals surface area (Å²) in [6.07, 6.45) is -4.64. The molecule has 12 heteroatoms. The number of carbonyl (C=O) groups is 1. The topological polar surface area (TPSA) is 83.9 Å². The number of nitrogens with zero attached hydrogens (tertiary/aromatic N) is 1. The van der Waals surface area contributed by atoms with Crippen LogP contribution in [0.15, 0.2) is 65.6 Å². The standard InChI is InChI=1S/C23H18F5NO5S/c1-29(35(32,33)21-8-6-17(24)11-19(21)25)12-14-5-7-20(34-13-22(30)31)18(9-14)15-3-2-4-16(10-15)23(26,27)28/h2-11H,12-13H2,1H3,(H,30,31). The highest BCUT2D eigenvalue weighted by molar-refractivity contribution is 7.89. The number of rotatable bonds is 8. The molecule has 3 rings (SSSR count). The second-order valence-electron chi connectivity index (χ2n) is 7.43. The highest BCUT2D eigenvalue weighted by atomic mass is 32.2. The smallest absolute Gasteiger partial charge is 0.416 e. The molecule has 3 aromatic carbocycles. The minimum Gasteiger partial charge on any atom is -0.481 e. The van der Waals surface area contributed by atoms with E-state index in [1.54, 1.807) is 0 Å². The summed E-state index contributed by atoms with van der Waals surface area (Å²) >= 11 is 0. The molecule has 0 bridgehead atoms. The molecule has 0 aliphatic carbocycles. The first-order chi connectivity index (χ1) is 16.3. The fourth-order valence-corrected chi connectivity index (χ4v) is 4.42. The second-order valence-corrected chi connectivity index (χ2v) is 9.44. The largest absolute Gasteiger partial charge is 0.481 e. The molecule has 6 nitrogen and oxygen atoms in total. The van der Waals surface area contributed by atoms with Crippen LogP contribution < -0.4 is 4.74 Å². The molecule has 0 spiro atoms. The summed E-state index contributed by atoms with van der Waals surface area (Å²) in [5, 5.41) is 8.90. The molecule has 0 heterocycles. The Morgan fingerprint density at radius 1 is 1.03 bits per heavy atom. The molecule has 0 aliphatic heterocycles. The minimum absolute atomic E-state index is 0.0365. The van der Waals surface area contributed by atoms with Gasteiger partial charge in [-0.05, 0) is 47.5 Å². The van der Waals surface area contributed by atoms with Crippen molar-refractivity contribution >= 4 is 16.0 Å². The maximum atomic E-state index is 14.1. The molecule has 186 valence electrons. The van der Waals surface area contributed by atoms with E-state index in [0.717, 1.165) is 35.6 Å². The molecule has 1 N–H and O–H groups in total. The third kappa shape index (κ3) is 6.14. The van der Waals surface area contributed by atoms with Crippen molar-refractivity contribution in [2.75, 3.05) is 13.7 Å². The van der Waals surface area contributed by atoms with Gasteiger partial charge in [-0.3, -0.25) is 0 Å². The monoisotopic (exact) mass is 515 g/mol. The van der Waals surface area contributed by atoms with E-state index in [4.69, 9.17) is 9.84 Å². The maximum absolute atomic E-state index is 14.1. The molecule has 0 aliphatic rings. The molecule has 0 radical (unpaired) electrons. The highest BCUT2D eigenvalue weighted by Crippen LogP contribution is 2.36. The van der Waals surface area contributed by atoms with Crippen LogP contribution in [0.2, 0.25) is 0 Å². The zero-order valence-corrected chi connectivity index (χ0v) is 18.8. The summed E-state index contributed by atoms with van der Waals surface area (Å²) in [6.45, 7) is -1.09. The lowest BCUT2D eigenvalue weighted by atomic mass is 9.99. The van der Waals surface area contributed by atoms with Gasteiger partial charge >= 0.3 is 12.1 Å². The van der Waals surface area contributed by atoms with Crippen molar-refractivity contribution in [2.24, 2.45) is 0 Å². The van der Waals surface area contributed by atoms with Gasteiger partial charge in [0.15, 0.2) is 6.61 Å². The van der Waals surface area contributed by atoms with Gasteiger partial charge in [0.1, 0.15) is 22.3 Å². The van der Waals surface area contributed by atoms with Crippen molar-refractivity contribution in [3.63, 3.8) is 0 Å². The van der Waals surface area contributed by atoms with Crippen LogP contribution in [0.3, 0.4) is 0 Å². The molecule has 0 unspecified atom stereocenters. The molecule has 0 fully saturated rings. The molecule has 0 saturated heterocycles. The van der Waals surface area contributed by atoms with Gasteiger partial charge in [-0.25, -0.2) is 22.0 Å². The number of alkyl halides is 3. The lowest BCUT2D eigenvalue weighted by Gasteiger charge is -2.19. The number of halogens is 5. The Bertz CT molecular complexity index is 1360. The van der Waals surface area contributed by atoms with E-state index in [-0.39, 0.29) is 29.0 Å². The summed E-state index contributed by atoms with van der Waals surface area (Å²) in [4.78, 5) is 10.2. The molecular formula is C23H18F5NO5S. The van der Waals surface area contributed by atoms with Crippen molar-refractivity contribution < 1.29 is 45.0 Å². The van der Waals surface area contributed by atoms with E-state index in [9.17, 15) is 35.2 Å². The summed E-state index contributed by atoms with van der Waals surface area (Å²) in [5.74, 6) is -3.58. The van der Waals surface area contributed by atoms with E-state index < -0.39 is 50.9 Å². The van der Waals surface area contributed by atoms with E-state index in [1.807, 2.05) is 0 Å². The van der Waals surface area contributed by atoms with Gasteiger partial charge in [-0.1, -0.05) is 18.2 Å².